The Balaban J connectivity index is 1.95. The molecule has 0 radical (unpaired) electrons. The number of amides is 1. The normalized spacial score (nSPS) is 18.3. The van der Waals surface area contributed by atoms with Gasteiger partial charge in [0.25, 0.3) is 5.91 Å². The molecule has 1 aliphatic rings. The number of carbonyl (C=O) groups excluding carboxylic acids is 1. The van der Waals surface area contributed by atoms with Gasteiger partial charge in [-0.05, 0) is 37.5 Å². The van der Waals surface area contributed by atoms with Crippen LogP contribution in [0.25, 0.3) is 0 Å². The van der Waals surface area contributed by atoms with Gasteiger partial charge in [-0.15, -0.1) is 0 Å². The summed E-state index contributed by atoms with van der Waals surface area (Å²) in [6, 6.07) is 7.95. The van der Waals surface area contributed by atoms with Crippen molar-refractivity contribution >= 4 is 5.91 Å². The molecule has 98 valence electrons. The van der Waals surface area contributed by atoms with Gasteiger partial charge in [-0.1, -0.05) is 31.4 Å². The first kappa shape index (κ1) is 13.1. The second-order valence-corrected chi connectivity index (χ2v) is 5.22. The molecular formula is C15H22N2O. The maximum absolute atomic E-state index is 12.1. The van der Waals surface area contributed by atoms with Gasteiger partial charge in [-0.3, -0.25) is 4.79 Å². The third-order valence-corrected chi connectivity index (χ3v) is 3.64. The van der Waals surface area contributed by atoms with E-state index in [1.807, 2.05) is 31.2 Å². The quantitative estimate of drug-likeness (QED) is 0.861. The van der Waals surface area contributed by atoms with Crippen molar-refractivity contribution in [3.8, 4) is 0 Å². The summed E-state index contributed by atoms with van der Waals surface area (Å²) in [5, 5.41) is 3.11. The topological polar surface area (TPSA) is 55.1 Å². The number of nitrogens with two attached hydrogens (primary N) is 1. The highest BCUT2D eigenvalue weighted by atomic mass is 16.1. The van der Waals surface area contributed by atoms with E-state index in [0.29, 0.717) is 6.04 Å². The molecule has 18 heavy (non-hydrogen) atoms. The van der Waals surface area contributed by atoms with Crippen LogP contribution in [0.3, 0.4) is 0 Å². The predicted molar refractivity (Wildman–Crippen MR) is 73.4 cm³/mol. The van der Waals surface area contributed by atoms with E-state index in [2.05, 4.69) is 5.32 Å². The molecule has 0 heterocycles. The van der Waals surface area contributed by atoms with Crippen LogP contribution in [0.1, 0.15) is 61.0 Å². The third kappa shape index (κ3) is 3.33. The lowest BCUT2D eigenvalue weighted by Crippen LogP contribution is -2.36. The maximum Gasteiger partial charge on any atom is 0.251 e. The molecule has 3 nitrogen and oxygen atoms in total. The summed E-state index contributed by atoms with van der Waals surface area (Å²) in [4.78, 5) is 12.1. The molecule has 3 N–H and O–H groups in total. The largest absolute Gasteiger partial charge is 0.349 e. The van der Waals surface area contributed by atoms with Gasteiger partial charge in [0.15, 0.2) is 0 Å². The predicted octanol–water partition coefficient (Wildman–Crippen LogP) is 2.77. The molecule has 1 fully saturated rings. The average Bonchev–Trinajstić information content (AvgIpc) is 2.40. The van der Waals surface area contributed by atoms with Crippen LogP contribution in [0.15, 0.2) is 24.3 Å². The first-order chi connectivity index (χ1) is 8.66. The van der Waals surface area contributed by atoms with Crippen LogP contribution in [0, 0.1) is 0 Å². The highest BCUT2D eigenvalue weighted by molar-refractivity contribution is 5.94. The molecule has 0 saturated heterocycles. The molecule has 1 saturated carbocycles. The number of carbonyl (C=O) groups is 1. The molecule has 1 aromatic rings. The van der Waals surface area contributed by atoms with Crippen LogP contribution in [-0.4, -0.2) is 11.9 Å². The summed E-state index contributed by atoms with van der Waals surface area (Å²) >= 11 is 0. The van der Waals surface area contributed by atoms with E-state index in [4.69, 9.17) is 5.73 Å². The van der Waals surface area contributed by atoms with Crippen LogP contribution < -0.4 is 11.1 Å². The summed E-state index contributed by atoms with van der Waals surface area (Å²) in [5.74, 6) is 0.0399. The summed E-state index contributed by atoms with van der Waals surface area (Å²) in [7, 11) is 0. The number of benzene rings is 1. The summed E-state index contributed by atoms with van der Waals surface area (Å²) < 4.78 is 0. The second kappa shape index (κ2) is 6.01. The third-order valence-electron chi connectivity index (χ3n) is 3.64. The zero-order valence-corrected chi connectivity index (χ0v) is 11.0. The minimum atomic E-state index is 0.0143. The Morgan fingerprint density at radius 1 is 1.22 bits per heavy atom. The van der Waals surface area contributed by atoms with E-state index < -0.39 is 0 Å². The van der Waals surface area contributed by atoms with Crippen molar-refractivity contribution in [2.24, 2.45) is 5.73 Å². The molecule has 3 heteroatoms. The lowest BCUT2D eigenvalue weighted by atomic mass is 9.95. The van der Waals surface area contributed by atoms with Crippen LogP contribution in [-0.2, 0) is 0 Å². The summed E-state index contributed by atoms with van der Waals surface area (Å²) in [6.07, 6.45) is 5.99. The molecule has 0 bridgehead atoms. The SMILES string of the molecule is CC(N)c1ccc(C(=O)NC2CCCCC2)cc1. The van der Waals surface area contributed by atoms with Crippen molar-refractivity contribution < 1.29 is 4.79 Å². The van der Waals surface area contributed by atoms with Gasteiger partial charge in [0.2, 0.25) is 0 Å². The van der Waals surface area contributed by atoms with Crippen molar-refractivity contribution in [3.63, 3.8) is 0 Å². The minimum Gasteiger partial charge on any atom is -0.349 e. The monoisotopic (exact) mass is 246 g/mol. The van der Waals surface area contributed by atoms with Gasteiger partial charge in [-0.2, -0.15) is 0 Å². The van der Waals surface area contributed by atoms with E-state index in [1.54, 1.807) is 0 Å². The minimum absolute atomic E-state index is 0.0143. The summed E-state index contributed by atoms with van der Waals surface area (Å²) in [5.41, 5.74) is 7.58. The second-order valence-electron chi connectivity index (χ2n) is 5.22. The summed E-state index contributed by atoms with van der Waals surface area (Å²) in [6.45, 7) is 1.94. The Morgan fingerprint density at radius 3 is 2.39 bits per heavy atom. The first-order valence-corrected chi connectivity index (χ1v) is 6.83. The van der Waals surface area contributed by atoms with E-state index in [0.717, 1.165) is 24.0 Å². The van der Waals surface area contributed by atoms with Crippen LogP contribution in [0.4, 0.5) is 0 Å². The van der Waals surface area contributed by atoms with Crippen molar-refractivity contribution in [3.05, 3.63) is 35.4 Å². The number of nitrogens with one attached hydrogen (secondary N) is 1. The van der Waals surface area contributed by atoms with Crippen LogP contribution in [0.2, 0.25) is 0 Å². The molecule has 1 unspecified atom stereocenters. The molecular weight excluding hydrogens is 224 g/mol. The Bertz CT molecular complexity index is 391. The highest BCUT2D eigenvalue weighted by Gasteiger charge is 2.16. The fourth-order valence-corrected chi connectivity index (χ4v) is 2.45. The van der Waals surface area contributed by atoms with Crippen molar-refractivity contribution in [2.45, 2.75) is 51.1 Å². The Hall–Kier alpha value is -1.35. The van der Waals surface area contributed by atoms with Gasteiger partial charge >= 0.3 is 0 Å². The Labute approximate surface area is 109 Å². The molecule has 0 spiro atoms. The number of hydrogen-bond acceptors (Lipinski definition) is 2. The van der Waals surface area contributed by atoms with E-state index in [1.165, 1.54) is 19.3 Å². The zero-order chi connectivity index (χ0) is 13.0. The fraction of sp³-hybridized carbons (Fsp3) is 0.533. The van der Waals surface area contributed by atoms with Gasteiger partial charge in [0.05, 0.1) is 0 Å². The lowest BCUT2D eigenvalue weighted by molar-refractivity contribution is 0.0927. The van der Waals surface area contributed by atoms with E-state index in [-0.39, 0.29) is 11.9 Å². The van der Waals surface area contributed by atoms with Crippen molar-refractivity contribution in [1.29, 1.82) is 0 Å². The van der Waals surface area contributed by atoms with E-state index in [9.17, 15) is 4.79 Å². The van der Waals surface area contributed by atoms with Gasteiger partial charge in [0.1, 0.15) is 0 Å². The van der Waals surface area contributed by atoms with Gasteiger partial charge < -0.3 is 11.1 Å². The molecule has 1 aromatic carbocycles. The average molecular weight is 246 g/mol. The van der Waals surface area contributed by atoms with E-state index >= 15 is 0 Å². The Kier molecular flexibility index (Phi) is 4.37. The van der Waals surface area contributed by atoms with Gasteiger partial charge in [-0.25, -0.2) is 0 Å². The standard InChI is InChI=1S/C15H22N2O/c1-11(16)12-7-9-13(10-8-12)15(18)17-14-5-3-2-4-6-14/h7-11,14H,2-6,16H2,1H3,(H,17,18). The smallest absolute Gasteiger partial charge is 0.251 e. The van der Waals surface area contributed by atoms with Gasteiger partial charge in [0, 0.05) is 17.6 Å². The molecule has 0 aliphatic heterocycles. The van der Waals surface area contributed by atoms with Crippen LogP contribution >= 0.6 is 0 Å². The molecule has 1 aliphatic carbocycles. The highest BCUT2D eigenvalue weighted by Crippen LogP contribution is 2.18. The van der Waals surface area contributed by atoms with Crippen molar-refractivity contribution in [1.82, 2.24) is 5.32 Å². The number of hydrogen-bond donors (Lipinski definition) is 2. The first-order valence-electron chi connectivity index (χ1n) is 6.83. The maximum atomic E-state index is 12.1. The fourth-order valence-electron chi connectivity index (χ4n) is 2.45. The Morgan fingerprint density at radius 2 is 1.83 bits per heavy atom. The van der Waals surface area contributed by atoms with Crippen molar-refractivity contribution in [2.75, 3.05) is 0 Å². The lowest BCUT2D eigenvalue weighted by Gasteiger charge is -2.22. The molecule has 2 rings (SSSR count). The molecule has 1 amide bonds. The number of rotatable bonds is 3. The zero-order valence-electron chi connectivity index (χ0n) is 11.0. The molecule has 1 atom stereocenters. The van der Waals surface area contributed by atoms with Crippen LogP contribution in [0.5, 0.6) is 0 Å². The molecule has 0 aromatic heterocycles.